The number of pyridine rings is 1. The van der Waals surface area contributed by atoms with Gasteiger partial charge in [-0.15, -0.1) is 0 Å². The van der Waals surface area contributed by atoms with Crippen molar-refractivity contribution in [3.63, 3.8) is 0 Å². The predicted octanol–water partition coefficient (Wildman–Crippen LogP) is 2.38. The Kier molecular flexibility index (Phi) is 5.12. The largest absolute Gasteiger partial charge is 0.463 e. The highest BCUT2D eigenvalue weighted by Crippen LogP contribution is 2.30. The molecule has 8 heteroatoms. The van der Waals surface area contributed by atoms with Gasteiger partial charge in [0.25, 0.3) is 5.56 Å². The molecule has 0 bridgehead atoms. The zero-order valence-corrected chi connectivity index (χ0v) is 15.5. The van der Waals surface area contributed by atoms with Crippen LogP contribution in [0.4, 0.5) is 10.1 Å². The van der Waals surface area contributed by atoms with Crippen LogP contribution in [0.25, 0.3) is 16.8 Å². The van der Waals surface area contributed by atoms with Gasteiger partial charge in [-0.1, -0.05) is 0 Å². The Labute approximate surface area is 161 Å². The van der Waals surface area contributed by atoms with Gasteiger partial charge in [-0.2, -0.15) is 5.10 Å². The van der Waals surface area contributed by atoms with Gasteiger partial charge in [0.2, 0.25) is 6.86 Å². The molecule has 3 heterocycles. The molecular formula is C20H21FN4O3. The fourth-order valence-electron chi connectivity index (χ4n) is 3.34. The molecule has 28 heavy (non-hydrogen) atoms. The second kappa shape index (κ2) is 7.85. The monoisotopic (exact) mass is 384 g/mol. The van der Waals surface area contributed by atoms with Gasteiger partial charge in [-0.25, -0.2) is 4.39 Å². The molecule has 3 aromatic rings. The van der Waals surface area contributed by atoms with Crippen LogP contribution >= 0.6 is 0 Å². The Balaban J connectivity index is 1.81. The van der Waals surface area contributed by atoms with Gasteiger partial charge in [0.1, 0.15) is 5.75 Å². The molecule has 4 rings (SSSR count). The number of hydrogen-bond acceptors (Lipinski definition) is 5. The summed E-state index contributed by atoms with van der Waals surface area (Å²) in [5.74, 6) is 0.414. The third-order valence-corrected chi connectivity index (χ3v) is 4.74. The van der Waals surface area contributed by atoms with Crippen molar-refractivity contribution in [2.24, 2.45) is 7.05 Å². The number of halogens is 1. The lowest BCUT2D eigenvalue weighted by atomic mass is 10.1. The maximum Gasteiger partial charge on any atom is 0.257 e. The van der Waals surface area contributed by atoms with Gasteiger partial charge < -0.3 is 14.4 Å². The Morgan fingerprint density at radius 1 is 1.18 bits per heavy atom. The van der Waals surface area contributed by atoms with Gasteiger partial charge in [0.05, 0.1) is 25.1 Å². The number of anilines is 1. The molecule has 0 unspecified atom stereocenters. The molecule has 0 saturated carbocycles. The summed E-state index contributed by atoms with van der Waals surface area (Å²) in [6.07, 6.45) is 5.54. The number of nitrogens with zero attached hydrogens (tertiary/aromatic N) is 4. The van der Waals surface area contributed by atoms with Crippen molar-refractivity contribution in [2.45, 2.75) is 0 Å². The van der Waals surface area contributed by atoms with E-state index < -0.39 is 6.86 Å². The molecule has 2 aromatic heterocycles. The number of benzene rings is 1. The summed E-state index contributed by atoms with van der Waals surface area (Å²) in [6.45, 7) is 1.83. The summed E-state index contributed by atoms with van der Waals surface area (Å²) in [6, 6.07) is 8.39. The molecule has 1 aromatic carbocycles. The third kappa shape index (κ3) is 3.63. The molecular weight excluding hydrogens is 363 g/mol. The number of morpholine rings is 1. The Morgan fingerprint density at radius 2 is 1.93 bits per heavy atom. The fourth-order valence-corrected chi connectivity index (χ4v) is 3.34. The van der Waals surface area contributed by atoms with Crippen molar-refractivity contribution in [1.29, 1.82) is 0 Å². The maximum absolute atomic E-state index is 12.9. The second-order valence-corrected chi connectivity index (χ2v) is 6.53. The van der Waals surface area contributed by atoms with Crippen molar-refractivity contribution in [3.05, 3.63) is 59.3 Å². The van der Waals surface area contributed by atoms with E-state index >= 15 is 0 Å². The van der Waals surface area contributed by atoms with E-state index in [4.69, 9.17) is 9.47 Å². The van der Waals surface area contributed by atoms with Crippen LogP contribution in [0, 0.1) is 0 Å². The summed E-state index contributed by atoms with van der Waals surface area (Å²) in [5, 5.41) is 4.27. The van der Waals surface area contributed by atoms with Crippen molar-refractivity contribution < 1.29 is 13.9 Å². The first kappa shape index (κ1) is 18.2. The molecule has 0 aliphatic carbocycles. The average molecular weight is 384 g/mol. The zero-order valence-electron chi connectivity index (χ0n) is 15.5. The van der Waals surface area contributed by atoms with Crippen LogP contribution in [0.3, 0.4) is 0 Å². The number of aryl methyl sites for hydroxylation is 1. The third-order valence-electron chi connectivity index (χ3n) is 4.74. The average Bonchev–Trinajstić information content (AvgIpc) is 3.15. The second-order valence-electron chi connectivity index (χ2n) is 6.53. The SMILES string of the molecule is Cn1cc(-c2cn(-c3ccc(OCF)cc3)c(=O)cc2N2CCOCC2)cn1. The first-order chi connectivity index (χ1) is 13.7. The molecule has 1 aliphatic rings. The van der Waals surface area contributed by atoms with Crippen molar-refractivity contribution in [3.8, 4) is 22.6 Å². The number of aromatic nitrogens is 3. The van der Waals surface area contributed by atoms with E-state index in [1.165, 1.54) is 0 Å². The zero-order chi connectivity index (χ0) is 19.5. The lowest BCUT2D eigenvalue weighted by molar-refractivity contribution is 0.122. The van der Waals surface area contributed by atoms with Gasteiger partial charge >= 0.3 is 0 Å². The molecule has 0 atom stereocenters. The van der Waals surface area contributed by atoms with E-state index in [-0.39, 0.29) is 5.56 Å². The molecule has 1 fully saturated rings. The van der Waals surface area contributed by atoms with E-state index in [1.807, 2.05) is 19.4 Å². The van der Waals surface area contributed by atoms with Crippen LogP contribution in [0.5, 0.6) is 5.75 Å². The Morgan fingerprint density at radius 3 is 2.57 bits per heavy atom. The van der Waals surface area contributed by atoms with Crippen molar-refractivity contribution >= 4 is 5.69 Å². The smallest absolute Gasteiger partial charge is 0.257 e. The lowest BCUT2D eigenvalue weighted by Crippen LogP contribution is -2.37. The summed E-state index contributed by atoms with van der Waals surface area (Å²) in [4.78, 5) is 15.0. The molecule has 146 valence electrons. The van der Waals surface area contributed by atoms with Gasteiger partial charge in [0.15, 0.2) is 0 Å². The molecule has 0 N–H and O–H groups in total. The number of ether oxygens (including phenoxy) is 2. The lowest BCUT2D eigenvalue weighted by Gasteiger charge is -2.30. The normalized spacial score (nSPS) is 14.3. The van der Waals surface area contributed by atoms with E-state index in [1.54, 1.807) is 45.8 Å². The molecule has 0 radical (unpaired) electrons. The van der Waals surface area contributed by atoms with Crippen LogP contribution < -0.4 is 15.2 Å². The standard InChI is InChI=1S/C20H21FN4O3/c1-23-12-15(11-22-23)18-13-25(16-2-4-17(5-3-16)28-14-21)20(26)10-19(18)24-6-8-27-9-7-24/h2-5,10-13H,6-9,14H2,1H3. The molecule has 0 spiro atoms. The maximum atomic E-state index is 12.9. The van der Waals surface area contributed by atoms with Crippen LogP contribution in [0.2, 0.25) is 0 Å². The van der Waals surface area contributed by atoms with Crippen LogP contribution in [-0.4, -0.2) is 47.5 Å². The predicted molar refractivity (Wildman–Crippen MR) is 104 cm³/mol. The Hall–Kier alpha value is -3.13. The first-order valence-corrected chi connectivity index (χ1v) is 9.03. The van der Waals surface area contributed by atoms with E-state index in [9.17, 15) is 9.18 Å². The molecule has 1 saturated heterocycles. The van der Waals surface area contributed by atoms with Gasteiger partial charge in [-0.05, 0) is 24.3 Å². The van der Waals surface area contributed by atoms with Crippen LogP contribution in [-0.2, 0) is 11.8 Å². The van der Waals surface area contributed by atoms with Crippen molar-refractivity contribution in [1.82, 2.24) is 14.3 Å². The topological polar surface area (TPSA) is 61.5 Å². The van der Waals surface area contributed by atoms with E-state index in [0.717, 1.165) is 29.9 Å². The number of alkyl halides is 1. The minimum absolute atomic E-state index is 0.145. The van der Waals surface area contributed by atoms with Crippen molar-refractivity contribution in [2.75, 3.05) is 38.1 Å². The highest BCUT2D eigenvalue weighted by Gasteiger charge is 2.19. The number of rotatable bonds is 5. The molecule has 7 nitrogen and oxygen atoms in total. The summed E-state index contributed by atoms with van der Waals surface area (Å²) >= 11 is 0. The first-order valence-electron chi connectivity index (χ1n) is 9.03. The van der Waals surface area contributed by atoms with E-state index in [2.05, 4.69) is 10.00 Å². The summed E-state index contributed by atoms with van der Waals surface area (Å²) < 4.78 is 25.9. The Bertz CT molecular complexity index is 1010. The van der Waals surface area contributed by atoms with Crippen LogP contribution in [0.1, 0.15) is 0 Å². The number of hydrogen-bond donors (Lipinski definition) is 0. The van der Waals surface area contributed by atoms with Crippen LogP contribution in [0.15, 0.2) is 53.7 Å². The summed E-state index contributed by atoms with van der Waals surface area (Å²) in [7, 11) is 1.86. The quantitative estimate of drug-likeness (QED) is 0.676. The van der Waals surface area contributed by atoms with Gasteiger partial charge in [0, 0.05) is 55.4 Å². The minimum atomic E-state index is -0.890. The highest BCUT2D eigenvalue weighted by molar-refractivity contribution is 5.77. The minimum Gasteiger partial charge on any atom is -0.463 e. The van der Waals surface area contributed by atoms with Gasteiger partial charge in [-0.3, -0.25) is 14.0 Å². The molecule has 0 amide bonds. The summed E-state index contributed by atoms with van der Waals surface area (Å²) in [5.41, 5.74) is 3.24. The highest BCUT2D eigenvalue weighted by atomic mass is 19.1. The van der Waals surface area contributed by atoms with E-state index in [0.29, 0.717) is 24.7 Å². The molecule has 1 aliphatic heterocycles. The fraction of sp³-hybridized carbons (Fsp3) is 0.300.